The van der Waals surface area contributed by atoms with Crippen LogP contribution in [0.2, 0.25) is 0 Å². The summed E-state index contributed by atoms with van der Waals surface area (Å²) < 4.78 is 2.05. The van der Waals surface area contributed by atoms with Gasteiger partial charge in [0.25, 0.3) is 5.69 Å². The maximum atomic E-state index is 11.0. The number of nitrogens with zero attached hydrogens (tertiary/aromatic N) is 2. The highest BCUT2D eigenvalue weighted by atomic mass is 16.6. The van der Waals surface area contributed by atoms with Crippen molar-refractivity contribution in [1.82, 2.24) is 9.88 Å². The number of nitrogens with one attached hydrogen (secondary N) is 1. The van der Waals surface area contributed by atoms with E-state index in [1.165, 1.54) is 0 Å². The number of hydrogen-bond donors (Lipinski definition) is 1. The molecule has 5 nitrogen and oxygen atoms in total. The van der Waals surface area contributed by atoms with Crippen LogP contribution in [0.4, 0.5) is 5.69 Å². The Balaban J connectivity index is 2.14. The molecule has 0 amide bonds. The van der Waals surface area contributed by atoms with E-state index in [1.807, 2.05) is 29.0 Å². The molecule has 20 heavy (non-hydrogen) atoms. The molecule has 0 aliphatic rings. The minimum Gasteiger partial charge on any atom is -0.346 e. The Morgan fingerprint density at radius 2 is 2.05 bits per heavy atom. The molecular formula is C15H19N3O2. The predicted molar refractivity (Wildman–Crippen MR) is 78.6 cm³/mol. The second kappa shape index (κ2) is 6.86. The van der Waals surface area contributed by atoms with E-state index in [-0.39, 0.29) is 10.6 Å². The van der Waals surface area contributed by atoms with Crippen molar-refractivity contribution in [3.63, 3.8) is 0 Å². The van der Waals surface area contributed by atoms with Crippen LogP contribution < -0.4 is 5.32 Å². The van der Waals surface area contributed by atoms with Gasteiger partial charge in [-0.25, -0.2) is 0 Å². The lowest BCUT2D eigenvalue weighted by Crippen LogP contribution is -2.17. The van der Waals surface area contributed by atoms with Crippen LogP contribution in [-0.4, -0.2) is 16.0 Å². The Hall–Kier alpha value is -2.14. The summed E-state index contributed by atoms with van der Waals surface area (Å²) in [5, 5.41) is 14.4. The fraction of sp³-hybridized carbons (Fsp3) is 0.333. The molecule has 2 aromatic rings. The normalized spacial score (nSPS) is 10.7. The highest BCUT2D eigenvalue weighted by Crippen LogP contribution is 2.19. The van der Waals surface area contributed by atoms with Crippen molar-refractivity contribution in [2.45, 2.75) is 26.4 Å². The first-order chi connectivity index (χ1) is 9.72. The number of nitro benzene ring substituents is 1. The van der Waals surface area contributed by atoms with E-state index < -0.39 is 0 Å². The number of aromatic nitrogens is 1. The smallest absolute Gasteiger partial charge is 0.274 e. The van der Waals surface area contributed by atoms with E-state index in [2.05, 4.69) is 12.2 Å². The van der Waals surface area contributed by atoms with Gasteiger partial charge in [0.05, 0.1) is 11.5 Å². The maximum absolute atomic E-state index is 11.0. The molecule has 2 rings (SSSR count). The van der Waals surface area contributed by atoms with Gasteiger partial charge in [0.1, 0.15) is 0 Å². The third kappa shape index (κ3) is 3.45. The average Bonchev–Trinajstić information content (AvgIpc) is 2.87. The topological polar surface area (TPSA) is 60.1 Å². The number of nitro groups is 1. The fourth-order valence-corrected chi connectivity index (χ4v) is 2.16. The summed E-state index contributed by atoms with van der Waals surface area (Å²) in [7, 11) is 0. The largest absolute Gasteiger partial charge is 0.346 e. The van der Waals surface area contributed by atoms with Gasteiger partial charge in [-0.05, 0) is 25.1 Å². The van der Waals surface area contributed by atoms with E-state index in [0.717, 1.165) is 30.8 Å². The van der Waals surface area contributed by atoms with Crippen LogP contribution in [0.15, 0.2) is 42.6 Å². The van der Waals surface area contributed by atoms with Crippen molar-refractivity contribution < 1.29 is 4.92 Å². The minimum absolute atomic E-state index is 0.175. The standard InChI is InChI=1S/C15H19N3O2/c1-2-9-16-11-14-7-5-10-17(14)12-13-6-3-4-8-15(13)18(19)20/h3-8,10,16H,2,9,11-12H2,1H3. The molecule has 1 aromatic heterocycles. The minimum atomic E-state index is -0.326. The summed E-state index contributed by atoms with van der Waals surface area (Å²) >= 11 is 0. The Kier molecular flexibility index (Phi) is 4.90. The van der Waals surface area contributed by atoms with E-state index >= 15 is 0 Å². The molecule has 106 valence electrons. The molecule has 5 heteroatoms. The van der Waals surface area contributed by atoms with Crippen molar-refractivity contribution in [3.8, 4) is 0 Å². The van der Waals surface area contributed by atoms with Gasteiger partial charge in [-0.2, -0.15) is 0 Å². The molecule has 0 unspecified atom stereocenters. The Labute approximate surface area is 118 Å². The molecule has 0 aliphatic carbocycles. The van der Waals surface area contributed by atoms with Gasteiger partial charge in [-0.1, -0.05) is 25.1 Å². The first kappa shape index (κ1) is 14.3. The van der Waals surface area contributed by atoms with E-state index in [4.69, 9.17) is 0 Å². The van der Waals surface area contributed by atoms with Crippen LogP contribution in [0, 0.1) is 10.1 Å². The molecule has 0 saturated heterocycles. The van der Waals surface area contributed by atoms with Crippen molar-refractivity contribution >= 4 is 5.69 Å². The quantitative estimate of drug-likeness (QED) is 0.479. The van der Waals surface area contributed by atoms with Crippen LogP contribution in [0.3, 0.4) is 0 Å². The molecule has 1 aromatic carbocycles. The lowest BCUT2D eigenvalue weighted by Gasteiger charge is -2.10. The molecule has 0 radical (unpaired) electrons. The third-order valence-electron chi connectivity index (χ3n) is 3.19. The van der Waals surface area contributed by atoms with Crippen LogP contribution in [0.5, 0.6) is 0 Å². The van der Waals surface area contributed by atoms with Crippen molar-refractivity contribution in [2.24, 2.45) is 0 Å². The third-order valence-corrected chi connectivity index (χ3v) is 3.19. The summed E-state index contributed by atoms with van der Waals surface area (Å²) in [6, 6.07) is 10.9. The Morgan fingerprint density at radius 1 is 1.25 bits per heavy atom. The molecule has 1 heterocycles. The molecule has 0 bridgehead atoms. The lowest BCUT2D eigenvalue weighted by molar-refractivity contribution is -0.385. The maximum Gasteiger partial charge on any atom is 0.274 e. The number of benzene rings is 1. The van der Waals surface area contributed by atoms with Crippen molar-refractivity contribution in [1.29, 1.82) is 0 Å². The van der Waals surface area contributed by atoms with Crippen LogP contribution in [-0.2, 0) is 13.1 Å². The average molecular weight is 273 g/mol. The van der Waals surface area contributed by atoms with Crippen LogP contribution in [0.25, 0.3) is 0 Å². The summed E-state index contributed by atoms with van der Waals surface area (Å²) in [5.41, 5.74) is 2.04. The predicted octanol–water partition coefficient (Wildman–Crippen LogP) is 2.94. The highest BCUT2D eigenvalue weighted by molar-refractivity contribution is 5.40. The van der Waals surface area contributed by atoms with Crippen LogP contribution >= 0.6 is 0 Å². The van der Waals surface area contributed by atoms with Gasteiger partial charge in [0.15, 0.2) is 0 Å². The number of rotatable bonds is 7. The van der Waals surface area contributed by atoms with Crippen molar-refractivity contribution in [2.75, 3.05) is 6.54 Å². The number of para-hydroxylation sites is 1. The molecular weight excluding hydrogens is 254 g/mol. The summed E-state index contributed by atoms with van der Waals surface area (Å²) in [5.74, 6) is 0. The van der Waals surface area contributed by atoms with Gasteiger partial charge in [-0.15, -0.1) is 0 Å². The second-order valence-electron chi connectivity index (χ2n) is 4.69. The zero-order valence-electron chi connectivity index (χ0n) is 11.6. The van der Waals surface area contributed by atoms with E-state index in [0.29, 0.717) is 6.54 Å². The summed E-state index contributed by atoms with van der Waals surface area (Å²) in [4.78, 5) is 10.7. The second-order valence-corrected chi connectivity index (χ2v) is 4.69. The summed E-state index contributed by atoms with van der Waals surface area (Å²) in [6.07, 6.45) is 3.05. The zero-order valence-corrected chi connectivity index (χ0v) is 11.6. The first-order valence-corrected chi connectivity index (χ1v) is 6.79. The Bertz CT molecular complexity index is 578. The molecule has 0 saturated carbocycles. The Morgan fingerprint density at radius 3 is 2.80 bits per heavy atom. The van der Waals surface area contributed by atoms with Gasteiger partial charge in [-0.3, -0.25) is 10.1 Å². The van der Waals surface area contributed by atoms with Crippen molar-refractivity contribution in [3.05, 3.63) is 64.0 Å². The molecule has 0 aliphatic heterocycles. The lowest BCUT2D eigenvalue weighted by atomic mass is 10.2. The SMILES string of the molecule is CCCNCc1cccn1Cc1ccccc1[N+](=O)[O-]. The highest BCUT2D eigenvalue weighted by Gasteiger charge is 2.13. The van der Waals surface area contributed by atoms with Crippen LogP contribution in [0.1, 0.15) is 24.6 Å². The number of hydrogen-bond acceptors (Lipinski definition) is 3. The molecule has 0 atom stereocenters. The monoisotopic (exact) mass is 273 g/mol. The van der Waals surface area contributed by atoms with E-state index in [9.17, 15) is 10.1 Å². The van der Waals surface area contributed by atoms with E-state index in [1.54, 1.807) is 18.2 Å². The van der Waals surface area contributed by atoms with Gasteiger partial charge in [0, 0.05) is 30.1 Å². The first-order valence-electron chi connectivity index (χ1n) is 6.79. The molecule has 0 fully saturated rings. The summed E-state index contributed by atoms with van der Waals surface area (Å²) in [6.45, 7) is 4.39. The fourth-order valence-electron chi connectivity index (χ4n) is 2.16. The molecule has 0 spiro atoms. The molecule has 1 N–H and O–H groups in total. The van der Waals surface area contributed by atoms with Gasteiger partial charge >= 0.3 is 0 Å². The van der Waals surface area contributed by atoms with Gasteiger partial charge in [0.2, 0.25) is 0 Å². The van der Waals surface area contributed by atoms with Gasteiger partial charge < -0.3 is 9.88 Å². The zero-order chi connectivity index (χ0) is 14.4.